The third kappa shape index (κ3) is 21.8. The number of hydrogen-bond acceptors (Lipinski definition) is 8. The van der Waals surface area contributed by atoms with Gasteiger partial charge in [-0.1, -0.05) is 18.8 Å². The molecule has 0 aromatic carbocycles. The molecule has 0 radical (unpaired) electrons. The van der Waals surface area contributed by atoms with Gasteiger partial charge in [-0.05, 0) is 19.4 Å². The second kappa shape index (κ2) is 25.0. The van der Waals surface area contributed by atoms with E-state index in [2.05, 4.69) is 5.92 Å². The van der Waals surface area contributed by atoms with E-state index in [9.17, 15) is 4.79 Å². The van der Waals surface area contributed by atoms with Crippen molar-refractivity contribution in [3.05, 3.63) is 0 Å². The maximum Gasteiger partial charge on any atom is 0.224 e. The zero-order valence-corrected chi connectivity index (χ0v) is 19.1. The molecule has 9 heteroatoms. The maximum atomic E-state index is 12.5. The molecule has 0 aliphatic carbocycles. The summed E-state index contributed by atoms with van der Waals surface area (Å²) in [4.78, 5) is 14.4. The molecule has 0 bridgehead atoms. The number of terminal acetylenes is 1. The van der Waals surface area contributed by atoms with E-state index < -0.39 is 0 Å². The summed E-state index contributed by atoms with van der Waals surface area (Å²) in [6, 6.07) is 0. The number of amides is 1. The SMILES string of the molecule is C#CCOCCOCCOCCOCCC(=O)N(CCCCCCN)CCOCCN. The van der Waals surface area contributed by atoms with E-state index in [0.29, 0.717) is 92.1 Å². The summed E-state index contributed by atoms with van der Waals surface area (Å²) in [5.41, 5.74) is 11.0. The number of carbonyl (C=O) groups excluding carboxylic acids is 1. The van der Waals surface area contributed by atoms with Crippen molar-refractivity contribution in [2.24, 2.45) is 11.5 Å². The Morgan fingerprint density at radius 2 is 1.26 bits per heavy atom. The summed E-state index contributed by atoms with van der Waals surface area (Å²) in [6.07, 6.45) is 9.57. The number of unbranched alkanes of at least 4 members (excludes halogenated alkanes) is 3. The first-order valence-corrected chi connectivity index (χ1v) is 11.3. The average Bonchev–Trinajstić information content (AvgIpc) is 2.78. The van der Waals surface area contributed by atoms with Crippen molar-refractivity contribution < 1.29 is 28.5 Å². The molecule has 0 saturated heterocycles. The Balaban J connectivity index is 3.75. The van der Waals surface area contributed by atoms with Crippen LogP contribution in [0.4, 0.5) is 0 Å². The molecule has 0 unspecified atom stereocenters. The van der Waals surface area contributed by atoms with E-state index in [-0.39, 0.29) is 5.91 Å². The molecule has 0 rings (SSSR count). The van der Waals surface area contributed by atoms with Gasteiger partial charge in [0.25, 0.3) is 0 Å². The number of carbonyl (C=O) groups is 1. The zero-order chi connectivity index (χ0) is 22.8. The lowest BCUT2D eigenvalue weighted by Gasteiger charge is -2.23. The third-order valence-corrected chi connectivity index (χ3v) is 4.26. The lowest BCUT2D eigenvalue weighted by atomic mass is 10.2. The fourth-order valence-corrected chi connectivity index (χ4v) is 2.63. The monoisotopic (exact) mass is 445 g/mol. The Morgan fingerprint density at radius 1 is 0.677 bits per heavy atom. The predicted octanol–water partition coefficient (Wildman–Crippen LogP) is 0.399. The van der Waals surface area contributed by atoms with Gasteiger partial charge in [-0.3, -0.25) is 4.79 Å². The first-order chi connectivity index (χ1) is 15.3. The third-order valence-electron chi connectivity index (χ3n) is 4.26. The van der Waals surface area contributed by atoms with Crippen molar-refractivity contribution in [1.82, 2.24) is 4.90 Å². The highest BCUT2D eigenvalue weighted by atomic mass is 16.6. The number of rotatable bonds is 24. The normalized spacial score (nSPS) is 10.9. The van der Waals surface area contributed by atoms with Crippen molar-refractivity contribution >= 4 is 5.91 Å². The van der Waals surface area contributed by atoms with Gasteiger partial charge in [0.15, 0.2) is 0 Å². The van der Waals surface area contributed by atoms with Gasteiger partial charge in [-0.15, -0.1) is 6.42 Å². The summed E-state index contributed by atoms with van der Waals surface area (Å²) < 4.78 is 26.8. The lowest BCUT2D eigenvalue weighted by molar-refractivity contribution is -0.133. The fraction of sp³-hybridized carbons (Fsp3) is 0.864. The molecule has 0 spiro atoms. The zero-order valence-electron chi connectivity index (χ0n) is 19.1. The molecule has 31 heavy (non-hydrogen) atoms. The van der Waals surface area contributed by atoms with Crippen molar-refractivity contribution in [1.29, 1.82) is 0 Å². The summed E-state index contributed by atoms with van der Waals surface area (Å²) in [7, 11) is 0. The summed E-state index contributed by atoms with van der Waals surface area (Å²) in [6.45, 7) is 7.02. The van der Waals surface area contributed by atoms with Gasteiger partial charge >= 0.3 is 0 Å². The van der Waals surface area contributed by atoms with Crippen LogP contribution in [0.3, 0.4) is 0 Å². The molecular weight excluding hydrogens is 402 g/mol. The Bertz CT molecular complexity index is 434. The summed E-state index contributed by atoms with van der Waals surface area (Å²) in [5, 5.41) is 0. The van der Waals surface area contributed by atoms with Gasteiger partial charge in [0.1, 0.15) is 6.61 Å². The first kappa shape index (κ1) is 29.8. The molecule has 4 N–H and O–H groups in total. The van der Waals surface area contributed by atoms with Gasteiger partial charge in [0, 0.05) is 19.6 Å². The van der Waals surface area contributed by atoms with Gasteiger partial charge in [-0.2, -0.15) is 0 Å². The standard InChI is InChI=1S/C22H43N3O6/c1-2-12-27-16-18-30-20-21-31-19-17-28-13-7-22(26)25(11-15-29-14-9-24)10-6-4-3-5-8-23/h1H,3-21,23-24H2. The molecular formula is C22H43N3O6. The van der Waals surface area contributed by atoms with Crippen molar-refractivity contribution in [3.8, 4) is 12.3 Å². The van der Waals surface area contributed by atoms with Crippen LogP contribution in [-0.4, -0.2) is 103 Å². The molecule has 9 nitrogen and oxygen atoms in total. The topological polar surface area (TPSA) is 118 Å². The van der Waals surface area contributed by atoms with E-state index in [1.165, 1.54) is 0 Å². The average molecular weight is 446 g/mol. The number of ether oxygens (including phenoxy) is 5. The van der Waals surface area contributed by atoms with Gasteiger partial charge < -0.3 is 40.1 Å². The van der Waals surface area contributed by atoms with E-state index >= 15 is 0 Å². The van der Waals surface area contributed by atoms with Crippen LogP contribution < -0.4 is 11.5 Å². The summed E-state index contributed by atoms with van der Waals surface area (Å²) >= 11 is 0. The molecule has 0 heterocycles. The molecule has 0 saturated carbocycles. The molecule has 0 aliphatic heterocycles. The van der Waals surface area contributed by atoms with Crippen molar-refractivity contribution in [2.75, 3.05) is 92.2 Å². The molecule has 0 aromatic heterocycles. The minimum absolute atomic E-state index is 0.0801. The van der Waals surface area contributed by atoms with E-state index in [0.717, 1.165) is 32.2 Å². The van der Waals surface area contributed by atoms with E-state index in [4.69, 9.17) is 41.6 Å². The van der Waals surface area contributed by atoms with Crippen LogP contribution in [0.15, 0.2) is 0 Å². The number of nitrogens with two attached hydrogens (primary N) is 2. The molecule has 0 aromatic rings. The largest absolute Gasteiger partial charge is 0.379 e. The minimum Gasteiger partial charge on any atom is -0.379 e. The first-order valence-electron chi connectivity index (χ1n) is 11.3. The van der Waals surface area contributed by atoms with Crippen LogP contribution in [0, 0.1) is 12.3 Å². The van der Waals surface area contributed by atoms with Gasteiger partial charge in [-0.25, -0.2) is 0 Å². The van der Waals surface area contributed by atoms with Crippen LogP contribution in [0.25, 0.3) is 0 Å². The van der Waals surface area contributed by atoms with Crippen LogP contribution in [0.1, 0.15) is 32.1 Å². The second-order valence-corrected chi connectivity index (χ2v) is 6.83. The predicted molar refractivity (Wildman–Crippen MR) is 121 cm³/mol. The Hall–Kier alpha value is -1.25. The van der Waals surface area contributed by atoms with Crippen LogP contribution in [0.5, 0.6) is 0 Å². The Morgan fingerprint density at radius 3 is 1.87 bits per heavy atom. The van der Waals surface area contributed by atoms with Crippen LogP contribution >= 0.6 is 0 Å². The molecule has 0 fully saturated rings. The molecule has 0 atom stereocenters. The minimum atomic E-state index is 0.0801. The quantitative estimate of drug-likeness (QED) is 0.162. The van der Waals surface area contributed by atoms with Gasteiger partial charge in [0.2, 0.25) is 5.91 Å². The highest BCUT2D eigenvalue weighted by Crippen LogP contribution is 2.04. The van der Waals surface area contributed by atoms with Crippen molar-refractivity contribution in [3.63, 3.8) is 0 Å². The van der Waals surface area contributed by atoms with E-state index in [1.807, 2.05) is 4.90 Å². The second-order valence-electron chi connectivity index (χ2n) is 6.83. The van der Waals surface area contributed by atoms with Crippen molar-refractivity contribution in [2.45, 2.75) is 32.1 Å². The molecule has 0 aliphatic rings. The van der Waals surface area contributed by atoms with Gasteiger partial charge in [0.05, 0.1) is 65.9 Å². The number of nitrogens with zero attached hydrogens (tertiary/aromatic N) is 1. The summed E-state index contributed by atoms with van der Waals surface area (Å²) in [5.74, 6) is 2.47. The van der Waals surface area contributed by atoms with Crippen LogP contribution in [-0.2, 0) is 28.5 Å². The maximum absolute atomic E-state index is 12.5. The highest BCUT2D eigenvalue weighted by molar-refractivity contribution is 5.76. The number of hydrogen-bond donors (Lipinski definition) is 2. The fourth-order valence-electron chi connectivity index (χ4n) is 2.63. The smallest absolute Gasteiger partial charge is 0.224 e. The Labute approximate surface area is 188 Å². The van der Waals surface area contributed by atoms with E-state index in [1.54, 1.807) is 0 Å². The lowest BCUT2D eigenvalue weighted by Crippen LogP contribution is -2.35. The Kier molecular flexibility index (Phi) is 24.0. The molecule has 182 valence electrons. The molecule has 1 amide bonds. The van der Waals surface area contributed by atoms with Crippen LogP contribution in [0.2, 0.25) is 0 Å². The highest BCUT2D eigenvalue weighted by Gasteiger charge is 2.13.